The van der Waals surface area contributed by atoms with Crippen molar-refractivity contribution in [1.82, 2.24) is 4.90 Å². The van der Waals surface area contributed by atoms with Crippen LogP contribution in [0, 0.1) is 5.92 Å². The SMILES string of the molecule is CC(C)CN(C)C1(CN)CCCSC1C. The van der Waals surface area contributed by atoms with Crippen LogP contribution in [0.1, 0.15) is 33.6 Å². The Morgan fingerprint density at radius 1 is 1.53 bits per heavy atom. The first kappa shape index (κ1) is 13.3. The fourth-order valence-electron chi connectivity index (χ4n) is 2.65. The molecule has 1 aliphatic heterocycles. The Kier molecular flexibility index (Phi) is 4.94. The quantitative estimate of drug-likeness (QED) is 0.803. The van der Waals surface area contributed by atoms with Crippen molar-refractivity contribution in [2.45, 2.75) is 44.4 Å². The maximum atomic E-state index is 6.05. The Balaban J connectivity index is 2.72. The number of likely N-dealkylation sites (N-methyl/N-ethyl adjacent to an activating group) is 1. The van der Waals surface area contributed by atoms with Gasteiger partial charge in [0.15, 0.2) is 0 Å². The van der Waals surface area contributed by atoms with E-state index in [4.69, 9.17) is 5.73 Å². The third-order valence-electron chi connectivity index (χ3n) is 3.63. The second-order valence-corrected chi connectivity index (χ2v) is 6.65. The van der Waals surface area contributed by atoms with E-state index in [-0.39, 0.29) is 5.54 Å². The first-order valence-electron chi connectivity index (χ1n) is 6.06. The fraction of sp³-hybridized carbons (Fsp3) is 1.00. The van der Waals surface area contributed by atoms with Gasteiger partial charge in [-0.1, -0.05) is 20.8 Å². The molecule has 0 aromatic carbocycles. The molecule has 1 aliphatic rings. The van der Waals surface area contributed by atoms with Gasteiger partial charge >= 0.3 is 0 Å². The smallest absolute Gasteiger partial charge is 0.0444 e. The molecule has 0 bridgehead atoms. The highest BCUT2D eigenvalue weighted by molar-refractivity contribution is 8.00. The molecule has 3 heteroatoms. The number of rotatable bonds is 4. The van der Waals surface area contributed by atoms with Gasteiger partial charge in [-0.05, 0) is 31.6 Å². The summed E-state index contributed by atoms with van der Waals surface area (Å²) in [5.41, 5.74) is 6.29. The first-order valence-corrected chi connectivity index (χ1v) is 7.10. The molecule has 0 aromatic rings. The highest BCUT2D eigenvalue weighted by atomic mass is 32.2. The fourth-order valence-corrected chi connectivity index (χ4v) is 4.02. The summed E-state index contributed by atoms with van der Waals surface area (Å²) in [5, 5.41) is 0.667. The van der Waals surface area contributed by atoms with Crippen LogP contribution in [0.25, 0.3) is 0 Å². The Hall–Kier alpha value is 0.270. The van der Waals surface area contributed by atoms with Crippen LogP contribution in [0.2, 0.25) is 0 Å². The Morgan fingerprint density at radius 3 is 2.67 bits per heavy atom. The Bertz CT molecular complexity index is 196. The zero-order valence-corrected chi connectivity index (χ0v) is 11.4. The zero-order chi connectivity index (χ0) is 11.5. The van der Waals surface area contributed by atoms with Gasteiger partial charge in [-0.2, -0.15) is 11.8 Å². The molecule has 2 N–H and O–H groups in total. The van der Waals surface area contributed by atoms with Crippen molar-refractivity contribution in [2.24, 2.45) is 11.7 Å². The largest absolute Gasteiger partial charge is 0.329 e. The molecule has 2 atom stereocenters. The van der Waals surface area contributed by atoms with Gasteiger partial charge in [-0.3, -0.25) is 4.90 Å². The van der Waals surface area contributed by atoms with Gasteiger partial charge in [-0.15, -0.1) is 0 Å². The van der Waals surface area contributed by atoms with Gasteiger partial charge in [-0.25, -0.2) is 0 Å². The van der Waals surface area contributed by atoms with E-state index >= 15 is 0 Å². The van der Waals surface area contributed by atoms with Crippen LogP contribution < -0.4 is 5.73 Å². The van der Waals surface area contributed by atoms with Crippen molar-refractivity contribution < 1.29 is 0 Å². The lowest BCUT2D eigenvalue weighted by Crippen LogP contribution is -2.60. The van der Waals surface area contributed by atoms with Crippen LogP contribution in [0.5, 0.6) is 0 Å². The van der Waals surface area contributed by atoms with Crippen molar-refractivity contribution in [3.63, 3.8) is 0 Å². The molecule has 1 rings (SSSR count). The van der Waals surface area contributed by atoms with E-state index in [1.54, 1.807) is 0 Å². The van der Waals surface area contributed by atoms with Crippen LogP contribution in [-0.2, 0) is 0 Å². The van der Waals surface area contributed by atoms with E-state index < -0.39 is 0 Å². The number of thioether (sulfide) groups is 1. The van der Waals surface area contributed by atoms with Crippen molar-refractivity contribution in [3.8, 4) is 0 Å². The second kappa shape index (κ2) is 5.55. The minimum Gasteiger partial charge on any atom is -0.329 e. The van der Waals surface area contributed by atoms with Gasteiger partial charge in [0, 0.05) is 23.9 Å². The summed E-state index contributed by atoms with van der Waals surface area (Å²) in [7, 11) is 2.25. The topological polar surface area (TPSA) is 29.3 Å². The van der Waals surface area contributed by atoms with Gasteiger partial charge in [0.2, 0.25) is 0 Å². The van der Waals surface area contributed by atoms with Crippen LogP contribution in [-0.4, -0.2) is 41.6 Å². The van der Waals surface area contributed by atoms with Crippen molar-refractivity contribution >= 4 is 11.8 Å². The predicted molar refractivity (Wildman–Crippen MR) is 70.4 cm³/mol. The summed E-state index contributed by atoms with van der Waals surface area (Å²) in [4.78, 5) is 2.51. The summed E-state index contributed by atoms with van der Waals surface area (Å²) >= 11 is 2.08. The van der Waals surface area contributed by atoms with Crippen molar-refractivity contribution in [3.05, 3.63) is 0 Å². The lowest BCUT2D eigenvalue weighted by molar-refractivity contribution is 0.0985. The monoisotopic (exact) mass is 230 g/mol. The van der Waals surface area contributed by atoms with Crippen LogP contribution in [0.4, 0.5) is 0 Å². The summed E-state index contributed by atoms with van der Waals surface area (Å²) < 4.78 is 0. The molecule has 2 unspecified atom stereocenters. The van der Waals surface area contributed by atoms with Gasteiger partial charge in [0.1, 0.15) is 0 Å². The summed E-state index contributed by atoms with van der Waals surface area (Å²) in [5.74, 6) is 2.02. The normalized spacial score (nSPS) is 32.6. The molecule has 2 nitrogen and oxygen atoms in total. The molecule has 90 valence electrons. The van der Waals surface area contributed by atoms with E-state index in [2.05, 4.69) is 44.5 Å². The maximum absolute atomic E-state index is 6.05. The predicted octanol–water partition coefficient (Wildman–Crippen LogP) is 2.19. The van der Waals surface area contributed by atoms with Crippen LogP contribution in [0.3, 0.4) is 0 Å². The highest BCUT2D eigenvalue weighted by Crippen LogP contribution is 2.37. The van der Waals surface area contributed by atoms with Crippen LogP contribution >= 0.6 is 11.8 Å². The molecule has 1 saturated heterocycles. The average molecular weight is 230 g/mol. The molecule has 0 spiro atoms. The average Bonchev–Trinajstić information content (AvgIpc) is 2.17. The molecule has 15 heavy (non-hydrogen) atoms. The van der Waals surface area contributed by atoms with Gasteiger partial charge in [0.05, 0.1) is 0 Å². The third kappa shape index (κ3) is 2.89. The minimum atomic E-state index is 0.243. The van der Waals surface area contributed by atoms with E-state index in [9.17, 15) is 0 Å². The third-order valence-corrected chi connectivity index (χ3v) is 5.09. The van der Waals surface area contributed by atoms with E-state index in [0.29, 0.717) is 5.25 Å². The molecule has 0 saturated carbocycles. The van der Waals surface area contributed by atoms with Gasteiger partial charge < -0.3 is 5.73 Å². The molecular weight excluding hydrogens is 204 g/mol. The number of hydrogen-bond acceptors (Lipinski definition) is 3. The van der Waals surface area contributed by atoms with Crippen molar-refractivity contribution in [2.75, 3.05) is 25.9 Å². The first-order chi connectivity index (χ1) is 7.03. The summed E-state index contributed by atoms with van der Waals surface area (Å²) in [6, 6.07) is 0. The molecular formula is C12H26N2S. The molecule has 0 radical (unpaired) electrons. The van der Waals surface area contributed by atoms with Gasteiger partial charge in [0.25, 0.3) is 0 Å². The van der Waals surface area contributed by atoms with Crippen molar-refractivity contribution in [1.29, 1.82) is 0 Å². The molecule has 1 heterocycles. The lowest BCUT2D eigenvalue weighted by Gasteiger charge is -2.48. The second-order valence-electron chi connectivity index (χ2n) is 5.20. The standard InChI is InChI=1S/C12H26N2S/c1-10(2)8-14(4)12(9-13)6-5-7-15-11(12)3/h10-11H,5-9,13H2,1-4H3. The number of nitrogens with two attached hydrogens (primary N) is 1. The summed E-state index contributed by atoms with van der Waals surface area (Å²) in [6.07, 6.45) is 2.58. The molecule has 0 aliphatic carbocycles. The Morgan fingerprint density at radius 2 is 2.20 bits per heavy atom. The highest BCUT2D eigenvalue weighted by Gasteiger charge is 2.40. The molecule has 0 amide bonds. The molecule has 1 fully saturated rings. The zero-order valence-electron chi connectivity index (χ0n) is 10.6. The van der Waals surface area contributed by atoms with E-state index in [1.807, 2.05) is 0 Å². The number of nitrogens with zero attached hydrogens (tertiary/aromatic N) is 1. The van der Waals surface area contributed by atoms with E-state index in [0.717, 1.165) is 19.0 Å². The Labute approximate surface area is 99.0 Å². The molecule has 0 aromatic heterocycles. The number of hydrogen-bond donors (Lipinski definition) is 1. The maximum Gasteiger partial charge on any atom is 0.0444 e. The minimum absolute atomic E-state index is 0.243. The van der Waals surface area contributed by atoms with Crippen LogP contribution in [0.15, 0.2) is 0 Å². The lowest BCUT2D eigenvalue weighted by atomic mass is 9.87. The van der Waals surface area contributed by atoms with E-state index in [1.165, 1.54) is 18.6 Å². The summed E-state index contributed by atoms with van der Waals surface area (Å²) in [6.45, 7) is 8.85.